The van der Waals surface area contributed by atoms with E-state index in [0.29, 0.717) is 0 Å². The van der Waals surface area contributed by atoms with Crippen LogP contribution in [0.2, 0.25) is 0 Å². The maximum absolute atomic E-state index is 11.9. The van der Waals surface area contributed by atoms with Gasteiger partial charge in [0, 0.05) is 0 Å². The summed E-state index contributed by atoms with van der Waals surface area (Å²) in [5, 5.41) is 36.1. The Morgan fingerprint density at radius 3 is 1.79 bits per heavy atom. The molecule has 24 heavy (non-hydrogen) atoms. The van der Waals surface area contributed by atoms with Gasteiger partial charge in [-0.25, -0.2) is 9.59 Å². The summed E-state index contributed by atoms with van der Waals surface area (Å²) in [5.74, 6) is -7.09. The first kappa shape index (κ1) is 25.1. The van der Waals surface area contributed by atoms with E-state index in [0.717, 1.165) is 12.1 Å². The number of carboxylic acid groups (broad SMARTS) is 3. The third kappa shape index (κ3) is 6.80. The van der Waals surface area contributed by atoms with Gasteiger partial charge in [-0.1, -0.05) is 12.1 Å². The van der Waals surface area contributed by atoms with Crippen LogP contribution in [-0.2, 0) is 19.1 Å². The maximum Gasteiger partial charge on any atom is 1.00 e. The van der Waals surface area contributed by atoms with Gasteiger partial charge in [-0.3, -0.25) is 9.59 Å². The van der Waals surface area contributed by atoms with Crippen molar-refractivity contribution in [3.8, 4) is 5.75 Å². The molecular formula is C13H14Na2O9. The molecule has 4 N–H and O–H groups in total. The Balaban J connectivity index is -0.000000605. The fraction of sp³-hybridized carbons (Fsp3) is 0.231. The molecule has 0 radical (unpaired) electrons. The molecule has 0 aliphatic carbocycles. The van der Waals surface area contributed by atoms with Crippen molar-refractivity contribution in [2.45, 2.75) is 18.4 Å². The molecule has 0 aliphatic rings. The molecule has 0 amide bonds. The average Bonchev–Trinajstić information content (AvgIpc) is 2.36. The summed E-state index contributed by atoms with van der Waals surface area (Å²) in [6, 6.07) is 5.00. The Morgan fingerprint density at radius 1 is 0.958 bits per heavy atom. The minimum Gasteiger partial charge on any atom is -1.00 e. The molecule has 0 unspecified atom stereocenters. The van der Waals surface area contributed by atoms with Crippen LogP contribution < -0.4 is 59.1 Å². The molecule has 1 aromatic carbocycles. The number of carbonyl (C=O) groups is 4. The van der Waals surface area contributed by atoms with Crippen LogP contribution in [0.5, 0.6) is 5.75 Å². The molecule has 0 saturated heterocycles. The van der Waals surface area contributed by atoms with Crippen molar-refractivity contribution in [2.75, 3.05) is 0 Å². The first-order valence-electron chi connectivity index (χ1n) is 5.86. The summed E-state index contributed by atoms with van der Waals surface area (Å²) in [6.45, 7) is 0. The number of hydrogen-bond donors (Lipinski definition) is 4. The predicted octanol–water partition coefficient (Wildman–Crippen LogP) is -5.45. The first-order chi connectivity index (χ1) is 10.2. The Kier molecular flexibility index (Phi) is 11.2. The SMILES string of the molecule is O=C(O)CC(CC(=O)O)(OC(=O)c1ccccc1O)C(=O)O.[H-].[H-].[Na+].[Na+]. The van der Waals surface area contributed by atoms with Crippen molar-refractivity contribution in [3.05, 3.63) is 29.8 Å². The number of aromatic hydroxyl groups is 1. The number of carboxylic acids is 3. The van der Waals surface area contributed by atoms with E-state index in [4.69, 9.17) is 15.3 Å². The van der Waals surface area contributed by atoms with E-state index in [1.165, 1.54) is 12.1 Å². The zero-order valence-corrected chi connectivity index (χ0v) is 17.1. The number of rotatable bonds is 7. The van der Waals surface area contributed by atoms with Gasteiger partial charge < -0.3 is 28.0 Å². The largest absolute Gasteiger partial charge is 1.00 e. The molecule has 0 fully saturated rings. The molecule has 9 nitrogen and oxygen atoms in total. The molecule has 1 rings (SSSR count). The molecule has 0 bridgehead atoms. The van der Waals surface area contributed by atoms with E-state index >= 15 is 0 Å². The van der Waals surface area contributed by atoms with Crippen molar-refractivity contribution >= 4 is 23.9 Å². The van der Waals surface area contributed by atoms with Crippen LogP contribution >= 0.6 is 0 Å². The number of phenolic OH excluding ortho intramolecular Hbond substituents is 1. The summed E-state index contributed by atoms with van der Waals surface area (Å²) < 4.78 is 4.63. The number of phenols is 1. The Bertz CT molecular complexity index is 624. The van der Waals surface area contributed by atoms with Gasteiger partial charge in [-0.05, 0) is 12.1 Å². The Labute approximate surface area is 183 Å². The predicted molar refractivity (Wildman–Crippen MR) is 70.6 cm³/mol. The summed E-state index contributed by atoms with van der Waals surface area (Å²) in [6.07, 6.45) is -2.48. The monoisotopic (exact) mass is 360 g/mol. The second-order valence-corrected chi connectivity index (χ2v) is 4.35. The molecule has 0 heterocycles. The van der Waals surface area contributed by atoms with Gasteiger partial charge in [0.1, 0.15) is 11.3 Å². The van der Waals surface area contributed by atoms with Crippen LogP contribution in [0.15, 0.2) is 24.3 Å². The number of para-hydroxylation sites is 1. The topological polar surface area (TPSA) is 158 Å². The van der Waals surface area contributed by atoms with Crippen LogP contribution in [0, 0.1) is 0 Å². The van der Waals surface area contributed by atoms with E-state index in [2.05, 4.69) is 4.74 Å². The number of carbonyl (C=O) groups excluding carboxylic acids is 1. The maximum atomic E-state index is 11.9. The third-order valence-corrected chi connectivity index (χ3v) is 2.68. The fourth-order valence-electron chi connectivity index (χ4n) is 1.70. The van der Waals surface area contributed by atoms with E-state index in [-0.39, 0.29) is 62.0 Å². The van der Waals surface area contributed by atoms with Crippen LogP contribution in [0.1, 0.15) is 26.1 Å². The van der Waals surface area contributed by atoms with Crippen LogP contribution in [0.25, 0.3) is 0 Å². The van der Waals surface area contributed by atoms with Gasteiger partial charge in [-0.2, -0.15) is 0 Å². The summed E-state index contributed by atoms with van der Waals surface area (Å²) in [7, 11) is 0. The second kappa shape index (κ2) is 10.7. The summed E-state index contributed by atoms with van der Waals surface area (Å²) in [5.41, 5.74) is -3.19. The molecule has 122 valence electrons. The van der Waals surface area contributed by atoms with Gasteiger partial charge >= 0.3 is 83.0 Å². The van der Waals surface area contributed by atoms with Crippen molar-refractivity contribution < 1.29 is 106 Å². The van der Waals surface area contributed by atoms with Crippen molar-refractivity contribution in [3.63, 3.8) is 0 Å². The zero-order chi connectivity index (χ0) is 16.9. The van der Waals surface area contributed by atoms with Gasteiger partial charge in [-0.15, -0.1) is 0 Å². The molecule has 0 atom stereocenters. The van der Waals surface area contributed by atoms with Crippen LogP contribution in [-0.4, -0.2) is 49.9 Å². The number of hydrogen-bond acceptors (Lipinski definition) is 6. The van der Waals surface area contributed by atoms with E-state index in [9.17, 15) is 24.3 Å². The standard InChI is InChI=1S/C13H12O9.2Na.2H/c14-8-4-2-1-3-7(8)11(19)22-13(12(20)21,5-9(15)16)6-10(17)18;;;;/h1-4,14H,5-6H2,(H,15,16)(H,17,18)(H,20,21);;;;/q;2*+1;2*-1. The average molecular weight is 360 g/mol. The van der Waals surface area contributed by atoms with E-state index in [1.807, 2.05) is 0 Å². The van der Waals surface area contributed by atoms with Crippen molar-refractivity contribution in [1.82, 2.24) is 0 Å². The minimum absolute atomic E-state index is 0. The van der Waals surface area contributed by atoms with Crippen molar-refractivity contribution in [1.29, 1.82) is 0 Å². The Hall–Kier alpha value is -1.10. The number of esters is 1. The van der Waals surface area contributed by atoms with E-state index < -0.39 is 53.6 Å². The molecule has 0 aliphatic heterocycles. The smallest absolute Gasteiger partial charge is 1.00 e. The second-order valence-electron chi connectivity index (χ2n) is 4.35. The van der Waals surface area contributed by atoms with Gasteiger partial charge in [0.25, 0.3) is 0 Å². The first-order valence-corrected chi connectivity index (χ1v) is 5.86. The molecule has 0 saturated carbocycles. The summed E-state index contributed by atoms with van der Waals surface area (Å²) >= 11 is 0. The summed E-state index contributed by atoms with van der Waals surface area (Å²) in [4.78, 5) is 44.8. The van der Waals surface area contributed by atoms with Crippen molar-refractivity contribution in [2.24, 2.45) is 0 Å². The Morgan fingerprint density at radius 2 is 1.42 bits per heavy atom. The van der Waals surface area contributed by atoms with Crippen LogP contribution in [0.4, 0.5) is 0 Å². The third-order valence-electron chi connectivity index (χ3n) is 2.68. The zero-order valence-electron chi connectivity index (χ0n) is 15.1. The molecule has 0 spiro atoms. The number of benzene rings is 1. The normalized spacial score (nSPS) is 9.83. The van der Waals surface area contributed by atoms with Crippen LogP contribution in [0.3, 0.4) is 0 Å². The molecule has 1 aromatic rings. The van der Waals surface area contributed by atoms with Gasteiger partial charge in [0.2, 0.25) is 5.60 Å². The number of aliphatic carboxylic acids is 3. The molecule has 11 heteroatoms. The van der Waals surface area contributed by atoms with Gasteiger partial charge in [0.05, 0.1) is 12.8 Å². The van der Waals surface area contributed by atoms with Gasteiger partial charge in [0.15, 0.2) is 0 Å². The molecular weight excluding hydrogens is 346 g/mol. The fourth-order valence-corrected chi connectivity index (χ4v) is 1.70. The minimum atomic E-state index is -2.78. The quantitative estimate of drug-likeness (QED) is 0.275. The van der Waals surface area contributed by atoms with E-state index in [1.54, 1.807) is 0 Å². The number of ether oxygens (including phenoxy) is 1. The molecule has 0 aromatic heterocycles.